The number of amides is 1. The molecule has 0 unspecified atom stereocenters. The predicted octanol–water partition coefficient (Wildman–Crippen LogP) is -1.11. The summed E-state index contributed by atoms with van der Waals surface area (Å²) in [5.74, 6) is 6.22. The third-order valence-electron chi connectivity index (χ3n) is 1.70. The van der Waals surface area contributed by atoms with Crippen LogP contribution in [0.3, 0.4) is 0 Å². The van der Waals surface area contributed by atoms with Gasteiger partial charge in [-0.1, -0.05) is 0 Å². The molecule has 1 aromatic rings. The average molecular weight is 225 g/mol. The van der Waals surface area contributed by atoms with Crippen molar-refractivity contribution in [2.24, 2.45) is 5.84 Å². The lowest BCUT2D eigenvalue weighted by atomic mass is 10.5. The molecule has 0 aromatic carbocycles. The number of nitrogens with two attached hydrogens (primary N) is 2. The fraction of sp³-hybridized carbons (Fsp3) is 0.375. The Morgan fingerprint density at radius 3 is 2.69 bits per heavy atom. The minimum atomic E-state index is -0.0756. The van der Waals surface area contributed by atoms with Gasteiger partial charge in [0.25, 0.3) is 0 Å². The number of rotatable bonds is 5. The number of carbonyl (C=O) groups is 1. The van der Waals surface area contributed by atoms with E-state index in [0.717, 1.165) is 0 Å². The number of nitrogen functional groups attached to an aromatic ring is 2. The average Bonchev–Trinajstić information content (AvgIpc) is 2.23. The maximum absolute atomic E-state index is 10.6. The van der Waals surface area contributed by atoms with Crippen LogP contribution in [-0.4, -0.2) is 29.0 Å². The molecule has 0 aliphatic heterocycles. The summed E-state index contributed by atoms with van der Waals surface area (Å²) in [4.78, 5) is 18.4. The lowest BCUT2D eigenvalue weighted by Gasteiger charge is -2.08. The Bertz CT molecular complexity index is 367. The molecule has 0 saturated carbocycles. The first-order valence-electron chi connectivity index (χ1n) is 4.71. The van der Waals surface area contributed by atoms with Gasteiger partial charge >= 0.3 is 0 Å². The Kier molecular flexibility index (Phi) is 4.28. The van der Waals surface area contributed by atoms with Gasteiger partial charge in [-0.3, -0.25) is 4.79 Å². The predicted molar refractivity (Wildman–Crippen MR) is 61.4 cm³/mol. The van der Waals surface area contributed by atoms with E-state index in [1.807, 2.05) is 0 Å². The van der Waals surface area contributed by atoms with E-state index in [-0.39, 0.29) is 11.9 Å². The summed E-state index contributed by atoms with van der Waals surface area (Å²) in [6.45, 7) is 2.50. The summed E-state index contributed by atoms with van der Waals surface area (Å²) in [6.07, 6.45) is 0. The topological polar surface area (TPSA) is 131 Å². The van der Waals surface area contributed by atoms with Crippen molar-refractivity contribution in [2.45, 2.75) is 6.92 Å². The Morgan fingerprint density at radius 2 is 2.06 bits per heavy atom. The lowest BCUT2D eigenvalue weighted by molar-refractivity contribution is -0.118. The Morgan fingerprint density at radius 1 is 1.38 bits per heavy atom. The van der Waals surface area contributed by atoms with E-state index in [1.165, 1.54) is 6.92 Å². The van der Waals surface area contributed by atoms with E-state index in [4.69, 9.17) is 11.6 Å². The highest BCUT2D eigenvalue weighted by atomic mass is 16.1. The zero-order valence-corrected chi connectivity index (χ0v) is 8.95. The largest absolute Gasteiger partial charge is 0.368 e. The number of hydrogen-bond acceptors (Lipinski definition) is 7. The van der Waals surface area contributed by atoms with E-state index < -0.39 is 0 Å². The maximum Gasteiger partial charge on any atom is 0.223 e. The van der Waals surface area contributed by atoms with Crippen molar-refractivity contribution in [3.8, 4) is 0 Å². The Balaban J connectivity index is 2.47. The SMILES string of the molecule is CC(=O)NCCNc1cc(NN)nc(N)n1. The van der Waals surface area contributed by atoms with Crippen molar-refractivity contribution in [1.29, 1.82) is 0 Å². The molecule has 0 bridgehead atoms. The number of nitrogens with one attached hydrogen (secondary N) is 3. The van der Waals surface area contributed by atoms with Crippen LogP contribution in [0.1, 0.15) is 6.92 Å². The van der Waals surface area contributed by atoms with Crippen LogP contribution in [0, 0.1) is 0 Å². The van der Waals surface area contributed by atoms with E-state index in [0.29, 0.717) is 24.7 Å². The monoisotopic (exact) mass is 225 g/mol. The first-order valence-corrected chi connectivity index (χ1v) is 4.71. The van der Waals surface area contributed by atoms with Crippen molar-refractivity contribution in [3.05, 3.63) is 6.07 Å². The highest BCUT2D eigenvalue weighted by Crippen LogP contribution is 2.10. The van der Waals surface area contributed by atoms with E-state index >= 15 is 0 Å². The summed E-state index contributed by atoms with van der Waals surface area (Å²) < 4.78 is 0. The van der Waals surface area contributed by atoms with Gasteiger partial charge in [-0.15, -0.1) is 0 Å². The molecular formula is C8H15N7O. The standard InChI is InChI=1S/C8H15N7O/c1-5(16)11-2-3-12-6-4-7(15-10)14-8(9)13-6/h4H,2-3,10H2,1H3,(H,11,16)(H4,9,12,13,14,15). The van der Waals surface area contributed by atoms with Gasteiger partial charge in [-0.2, -0.15) is 9.97 Å². The van der Waals surface area contributed by atoms with Gasteiger partial charge in [-0.25, -0.2) is 5.84 Å². The van der Waals surface area contributed by atoms with E-state index in [9.17, 15) is 4.79 Å². The fourth-order valence-corrected chi connectivity index (χ4v) is 1.06. The summed E-state index contributed by atoms with van der Waals surface area (Å²) in [6, 6.07) is 1.62. The van der Waals surface area contributed by atoms with Crippen LogP contribution in [-0.2, 0) is 4.79 Å². The van der Waals surface area contributed by atoms with Crippen LogP contribution in [0.25, 0.3) is 0 Å². The Labute approximate surface area is 92.8 Å². The fourth-order valence-electron chi connectivity index (χ4n) is 1.06. The van der Waals surface area contributed by atoms with Crippen LogP contribution in [0.4, 0.5) is 17.6 Å². The molecule has 0 spiro atoms. The second-order valence-corrected chi connectivity index (χ2v) is 3.05. The van der Waals surface area contributed by atoms with Crippen molar-refractivity contribution in [1.82, 2.24) is 15.3 Å². The molecule has 0 aliphatic carbocycles. The van der Waals surface area contributed by atoms with Gasteiger partial charge in [0.2, 0.25) is 11.9 Å². The lowest BCUT2D eigenvalue weighted by Crippen LogP contribution is -2.26. The first-order chi connectivity index (χ1) is 7.61. The molecule has 1 aromatic heterocycles. The minimum Gasteiger partial charge on any atom is -0.368 e. The molecule has 0 radical (unpaired) electrons. The van der Waals surface area contributed by atoms with Gasteiger partial charge in [0.05, 0.1) is 0 Å². The molecule has 0 saturated heterocycles. The Hall–Kier alpha value is -2.09. The third-order valence-corrected chi connectivity index (χ3v) is 1.70. The van der Waals surface area contributed by atoms with Crippen molar-refractivity contribution in [3.63, 3.8) is 0 Å². The van der Waals surface area contributed by atoms with E-state index in [2.05, 4.69) is 26.0 Å². The zero-order valence-electron chi connectivity index (χ0n) is 8.95. The van der Waals surface area contributed by atoms with Gasteiger partial charge in [0.1, 0.15) is 11.6 Å². The first kappa shape index (κ1) is 12.0. The quantitative estimate of drug-likeness (QED) is 0.244. The second-order valence-electron chi connectivity index (χ2n) is 3.05. The van der Waals surface area contributed by atoms with Crippen LogP contribution in [0.15, 0.2) is 6.07 Å². The molecule has 1 heterocycles. The van der Waals surface area contributed by atoms with Gasteiger partial charge in [0.15, 0.2) is 0 Å². The zero-order chi connectivity index (χ0) is 12.0. The molecule has 0 fully saturated rings. The molecule has 1 amide bonds. The molecule has 8 nitrogen and oxygen atoms in total. The summed E-state index contributed by atoms with van der Waals surface area (Å²) in [7, 11) is 0. The van der Waals surface area contributed by atoms with Gasteiger partial charge < -0.3 is 21.8 Å². The molecule has 7 N–H and O–H groups in total. The van der Waals surface area contributed by atoms with Crippen LogP contribution < -0.4 is 27.6 Å². The molecule has 8 heteroatoms. The minimum absolute atomic E-state index is 0.0756. The number of hydrogen-bond donors (Lipinski definition) is 5. The van der Waals surface area contributed by atoms with Crippen molar-refractivity contribution < 1.29 is 4.79 Å². The number of aromatic nitrogens is 2. The van der Waals surface area contributed by atoms with Crippen molar-refractivity contribution in [2.75, 3.05) is 29.6 Å². The van der Waals surface area contributed by atoms with Gasteiger partial charge in [0, 0.05) is 26.1 Å². The van der Waals surface area contributed by atoms with Crippen LogP contribution >= 0.6 is 0 Å². The molecule has 16 heavy (non-hydrogen) atoms. The smallest absolute Gasteiger partial charge is 0.223 e. The molecule has 0 atom stereocenters. The van der Waals surface area contributed by atoms with E-state index in [1.54, 1.807) is 6.07 Å². The third kappa shape index (κ3) is 3.96. The van der Waals surface area contributed by atoms with Crippen LogP contribution in [0.5, 0.6) is 0 Å². The normalized spacial score (nSPS) is 9.62. The molecular weight excluding hydrogens is 210 g/mol. The second kappa shape index (κ2) is 5.71. The molecule has 0 aliphatic rings. The molecule has 1 rings (SSSR count). The highest BCUT2D eigenvalue weighted by Gasteiger charge is 2.00. The van der Waals surface area contributed by atoms with Gasteiger partial charge in [-0.05, 0) is 0 Å². The number of anilines is 3. The van der Waals surface area contributed by atoms with Crippen molar-refractivity contribution >= 4 is 23.5 Å². The highest BCUT2D eigenvalue weighted by molar-refractivity contribution is 5.72. The summed E-state index contributed by atoms with van der Waals surface area (Å²) >= 11 is 0. The van der Waals surface area contributed by atoms with Crippen LogP contribution in [0.2, 0.25) is 0 Å². The number of nitrogens with zero attached hydrogens (tertiary/aromatic N) is 2. The maximum atomic E-state index is 10.6. The molecule has 88 valence electrons. The number of carbonyl (C=O) groups excluding carboxylic acids is 1. The summed E-state index contributed by atoms with van der Waals surface area (Å²) in [5.41, 5.74) is 7.84. The summed E-state index contributed by atoms with van der Waals surface area (Å²) in [5, 5.41) is 5.62. The number of hydrazine groups is 1.